The number of carbonyl (C=O) groups is 2. The van der Waals surface area contributed by atoms with Crippen LogP contribution in [0.1, 0.15) is 286 Å². The van der Waals surface area contributed by atoms with Crippen molar-refractivity contribution in [3.8, 4) is 0 Å². The van der Waals surface area contributed by atoms with Crippen molar-refractivity contribution in [3.05, 3.63) is 0 Å². The van der Waals surface area contributed by atoms with Crippen LogP contribution in [0, 0.1) is 11.8 Å². The molecular weight excluding hydrogens is 753 g/mol. The van der Waals surface area contributed by atoms with Gasteiger partial charge in [-0.15, -0.1) is 0 Å². The van der Waals surface area contributed by atoms with E-state index in [-0.39, 0.29) is 11.9 Å². The van der Waals surface area contributed by atoms with Crippen LogP contribution >= 0.6 is 0 Å². The van der Waals surface area contributed by atoms with Gasteiger partial charge in [0.1, 0.15) is 0 Å². The van der Waals surface area contributed by atoms with Crippen LogP contribution in [-0.4, -0.2) is 62.3 Å². The second kappa shape index (κ2) is 48.3. The molecule has 0 amide bonds. The number of hydrogen-bond donors (Lipinski definition) is 1. The molecule has 0 aliphatic heterocycles. The Morgan fingerprint density at radius 1 is 0.393 bits per heavy atom. The molecule has 6 heteroatoms. The van der Waals surface area contributed by atoms with Crippen molar-refractivity contribution in [1.29, 1.82) is 0 Å². The molecule has 0 aromatic heterocycles. The van der Waals surface area contributed by atoms with Gasteiger partial charge in [-0.2, -0.15) is 0 Å². The summed E-state index contributed by atoms with van der Waals surface area (Å²) in [5.41, 5.74) is 0. The highest BCUT2D eigenvalue weighted by molar-refractivity contribution is 5.69. The van der Waals surface area contributed by atoms with E-state index in [9.17, 15) is 9.59 Å². The van der Waals surface area contributed by atoms with Crippen molar-refractivity contribution < 1.29 is 19.1 Å². The average molecular weight is 863 g/mol. The number of ether oxygens (including phenoxy) is 2. The highest BCUT2D eigenvalue weighted by atomic mass is 16.5. The van der Waals surface area contributed by atoms with Crippen molar-refractivity contribution in [2.75, 3.05) is 39.4 Å². The molecule has 0 heterocycles. The predicted molar refractivity (Wildman–Crippen MR) is 267 cm³/mol. The first kappa shape index (κ1) is 59.9. The maximum absolute atomic E-state index is 12.6. The molecule has 0 fully saturated rings. The van der Waals surface area contributed by atoms with Gasteiger partial charge in [0.25, 0.3) is 0 Å². The molecule has 6 nitrogen and oxygen atoms in total. The molecule has 0 saturated heterocycles. The van der Waals surface area contributed by atoms with Crippen LogP contribution in [0.15, 0.2) is 0 Å². The summed E-state index contributed by atoms with van der Waals surface area (Å²) in [7, 11) is 0. The normalized spacial score (nSPS) is 11.8. The van der Waals surface area contributed by atoms with Crippen molar-refractivity contribution in [2.24, 2.45) is 11.8 Å². The fraction of sp³-hybridized carbons (Fsp3) is 0.964. The molecule has 0 unspecified atom stereocenters. The number of nitrogens with one attached hydrogen (secondary N) is 1. The summed E-state index contributed by atoms with van der Waals surface area (Å²) < 4.78 is 11.6. The van der Waals surface area contributed by atoms with Crippen molar-refractivity contribution in [3.63, 3.8) is 0 Å². The molecule has 0 saturated carbocycles. The van der Waals surface area contributed by atoms with Crippen LogP contribution in [0.5, 0.6) is 0 Å². The number of unbranched alkanes of at least 4 members (excludes halogenated alkanes) is 23. The van der Waals surface area contributed by atoms with Crippen molar-refractivity contribution in [2.45, 2.75) is 292 Å². The largest absolute Gasteiger partial charge is 0.465 e. The van der Waals surface area contributed by atoms with Gasteiger partial charge in [-0.3, -0.25) is 9.59 Å². The smallest absolute Gasteiger partial charge is 0.305 e. The number of carbonyl (C=O) groups excluding carboxylic acids is 2. The SMILES string of the molecule is CCCCCCC(CCCCCC)COC(=O)CCCCCCCCC(CCCCCCCCC(=O)OCC(CCCCCC)CCCCCC)NCCCCN(CC)CC. The van der Waals surface area contributed by atoms with E-state index in [0.717, 1.165) is 45.3 Å². The van der Waals surface area contributed by atoms with Gasteiger partial charge in [0, 0.05) is 18.9 Å². The van der Waals surface area contributed by atoms with Gasteiger partial charge in [-0.25, -0.2) is 0 Å². The van der Waals surface area contributed by atoms with E-state index >= 15 is 0 Å². The molecule has 0 bridgehead atoms. The highest BCUT2D eigenvalue weighted by Gasteiger charge is 2.14. The summed E-state index contributed by atoms with van der Waals surface area (Å²) in [6.45, 7) is 19.5. The zero-order chi connectivity index (χ0) is 44.7. The van der Waals surface area contributed by atoms with Gasteiger partial charge in [-0.1, -0.05) is 208 Å². The lowest BCUT2D eigenvalue weighted by Crippen LogP contribution is -2.31. The molecule has 0 rings (SSSR count). The Morgan fingerprint density at radius 3 is 1.08 bits per heavy atom. The Bertz CT molecular complexity index is 811. The first-order valence-electron chi connectivity index (χ1n) is 27.7. The molecule has 0 spiro atoms. The second-order valence-electron chi connectivity index (χ2n) is 19.2. The number of esters is 2. The quantitative estimate of drug-likeness (QED) is 0.0485. The first-order valence-corrected chi connectivity index (χ1v) is 27.7. The lowest BCUT2D eigenvalue weighted by Gasteiger charge is -2.20. The van der Waals surface area contributed by atoms with Gasteiger partial charge >= 0.3 is 11.9 Å². The Balaban J connectivity index is 4.39. The van der Waals surface area contributed by atoms with E-state index in [1.54, 1.807) is 0 Å². The third-order valence-corrected chi connectivity index (χ3v) is 13.4. The van der Waals surface area contributed by atoms with E-state index < -0.39 is 0 Å². The number of nitrogens with zero attached hydrogens (tertiary/aromatic N) is 1. The third kappa shape index (κ3) is 42.6. The molecule has 0 aliphatic carbocycles. The minimum Gasteiger partial charge on any atom is -0.465 e. The first-order chi connectivity index (χ1) is 29.9. The van der Waals surface area contributed by atoms with E-state index in [1.165, 1.54) is 212 Å². The Labute approximate surface area is 382 Å². The zero-order valence-electron chi connectivity index (χ0n) is 42.4. The van der Waals surface area contributed by atoms with Gasteiger partial charge in [0.2, 0.25) is 0 Å². The summed E-state index contributed by atoms with van der Waals surface area (Å²) in [6, 6.07) is 0.627. The van der Waals surface area contributed by atoms with E-state index in [1.807, 2.05) is 0 Å². The highest BCUT2D eigenvalue weighted by Crippen LogP contribution is 2.22. The lowest BCUT2D eigenvalue weighted by atomic mass is 9.95. The van der Waals surface area contributed by atoms with E-state index in [2.05, 4.69) is 51.8 Å². The van der Waals surface area contributed by atoms with Crippen LogP contribution in [0.3, 0.4) is 0 Å². The maximum Gasteiger partial charge on any atom is 0.305 e. The molecule has 0 aromatic rings. The summed E-state index contributed by atoms with van der Waals surface area (Å²) in [4.78, 5) is 27.7. The maximum atomic E-state index is 12.6. The summed E-state index contributed by atoms with van der Waals surface area (Å²) in [5, 5.41) is 3.96. The Morgan fingerprint density at radius 2 is 0.721 bits per heavy atom. The Kier molecular flexibility index (Phi) is 47.4. The molecule has 364 valence electrons. The molecule has 0 aromatic carbocycles. The summed E-state index contributed by atoms with van der Waals surface area (Å²) in [5.74, 6) is 1.15. The topological polar surface area (TPSA) is 67.9 Å². The molecular formula is C55H110N2O4. The molecule has 0 aliphatic rings. The molecule has 0 radical (unpaired) electrons. The lowest BCUT2D eigenvalue weighted by molar-refractivity contribution is -0.146. The van der Waals surface area contributed by atoms with Gasteiger partial charge in [0.15, 0.2) is 0 Å². The van der Waals surface area contributed by atoms with Crippen LogP contribution in [0.4, 0.5) is 0 Å². The van der Waals surface area contributed by atoms with Crippen LogP contribution in [0.2, 0.25) is 0 Å². The van der Waals surface area contributed by atoms with Crippen LogP contribution < -0.4 is 5.32 Å². The molecule has 0 atom stereocenters. The summed E-state index contributed by atoms with van der Waals surface area (Å²) >= 11 is 0. The fourth-order valence-electron chi connectivity index (χ4n) is 9.02. The zero-order valence-corrected chi connectivity index (χ0v) is 42.4. The standard InChI is InChI=1S/C55H110N2O4/c1-7-13-17-29-39-51(40-30-18-14-8-2)49-60-54(58)45-35-27-23-21-25-33-43-53(56-47-37-38-48-57(11-5)12-6)44-34-26-22-24-28-36-46-55(59)61-50-52(41-31-19-15-9-3)42-32-20-16-10-4/h51-53,56H,7-50H2,1-6H3. The van der Waals surface area contributed by atoms with E-state index in [4.69, 9.17) is 9.47 Å². The third-order valence-electron chi connectivity index (χ3n) is 13.4. The minimum absolute atomic E-state index is 0.0262. The molecule has 1 N–H and O–H groups in total. The predicted octanol–water partition coefficient (Wildman–Crippen LogP) is 16.5. The second-order valence-corrected chi connectivity index (χ2v) is 19.2. The van der Waals surface area contributed by atoms with Gasteiger partial charge in [-0.05, 0) is 102 Å². The molecule has 61 heavy (non-hydrogen) atoms. The average Bonchev–Trinajstić information content (AvgIpc) is 3.27. The van der Waals surface area contributed by atoms with Crippen molar-refractivity contribution in [1.82, 2.24) is 10.2 Å². The summed E-state index contributed by atoms with van der Waals surface area (Å²) in [6.07, 6.45) is 46.3. The van der Waals surface area contributed by atoms with Crippen LogP contribution in [-0.2, 0) is 19.1 Å². The van der Waals surface area contributed by atoms with Gasteiger partial charge in [0.05, 0.1) is 13.2 Å². The number of rotatable bonds is 50. The van der Waals surface area contributed by atoms with E-state index in [0.29, 0.717) is 43.9 Å². The monoisotopic (exact) mass is 863 g/mol. The number of hydrogen-bond acceptors (Lipinski definition) is 6. The minimum atomic E-state index is 0.0262. The van der Waals surface area contributed by atoms with Crippen molar-refractivity contribution >= 4 is 11.9 Å². The fourth-order valence-corrected chi connectivity index (χ4v) is 9.02. The van der Waals surface area contributed by atoms with Crippen LogP contribution in [0.25, 0.3) is 0 Å². The van der Waals surface area contributed by atoms with Gasteiger partial charge < -0.3 is 19.7 Å². The Hall–Kier alpha value is -1.14.